The summed E-state index contributed by atoms with van der Waals surface area (Å²) in [4.78, 5) is 12.4. The molecule has 128 valence electrons. The van der Waals surface area contributed by atoms with Crippen molar-refractivity contribution in [1.29, 1.82) is 0 Å². The predicted molar refractivity (Wildman–Crippen MR) is 95.0 cm³/mol. The average molecular weight is 387 g/mol. The van der Waals surface area contributed by atoms with Crippen molar-refractivity contribution in [2.24, 2.45) is 0 Å². The van der Waals surface area contributed by atoms with E-state index in [2.05, 4.69) is 10.0 Å². The molecule has 0 aliphatic heterocycles. The van der Waals surface area contributed by atoms with Crippen LogP contribution in [0.3, 0.4) is 0 Å². The lowest BCUT2D eigenvalue weighted by atomic mass is 10.1. The largest absolute Gasteiger partial charge is 0.345 e. The molecule has 0 saturated heterocycles. The van der Waals surface area contributed by atoms with E-state index in [0.29, 0.717) is 15.6 Å². The molecule has 2 aromatic rings. The third-order valence-corrected chi connectivity index (χ3v) is 5.43. The van der Waals surface area contributed by atoms with Crippen molar-refractivity contribution in [3.8, 4) is 0 Å². The van der Waals surface area contributed by atoms with Crippen LogP contribution in [0.1, 0.15) is 28.9 Å². The summed E-state index contributed by atoms with van der Waals surface area (Å²) in [5.41, 5.74) is 0.955. The number of benzene rings is 2. The molecule has 1 unspecified atom stereocenters. The lowest BCUT2D eigenvalue weighted by Crippen LogP contribution is -2.27. The van der Waals surface area contributed by atoms with Gasteiger partial charge in [-0.2, -0.15) is 0 Å². The van der Waals surface area contributed by atoms with Gasteiger partial charge in [0.25, 0.3) is 5.91 Å². The van der Waals surface area contributed by atoms with Crippen LogP contribution in [0.5, 0.6) is 0 Å². The second-order valence-corrected chi connectivity index (χ2v) is 7.83. The molecule has 0 fully saturated rings. The fraction of sp³-hybridized carbons (Fsp3) is 0.188. The highest BCUT2D eigenvalue weighted by Crippen LogP contribution is 2.26. The first kappa shape index (κ1) is 18.7. The van der Waals surface area contributed by atoms with Crippen molar-refractivity contribution in [2.75, 3.05) is 7.05 Å². The molecule has 0 saturated carbocycles. The molecule has 5 nitrogen and oxygen atoms in total. The Hall–Kier alpha value is -1.60. The molecule has 0 heterocycles. The molecule has 24 heavy (non-hydrogen) atoms. The molecule has 0 aromatic heterocycles. The van der Waals surface area contributed by atoms with E-state index in [-0.39, 0.29) is 16.5 Å². The van der Waals surface area contributed by atoms with Crippen molar-refractivity contribution in [3.63, 3.8) is 0 Å². The quantitative estimate of drug-likeness (QED) is 0.826. The van der Waals surface area contributed by atoms with E-state index in [1.165, 1.54) is 25.2 Å². The molecule has 0 spiro atoms. The maximum absolute atomic E-state index is 12.4. The number of rotatable bonds is 5. The first-order valence-corrected chi connectivity index (χ1v) is 9.28. The van der Waals surface area contributed by atoms with Crippen molar-refractivity contribution in [2.45, 2.75) is 17.9 Å². The SMILES string of the molecule is CNS(=O)(=O)c1cccc(C(=O)NC(C)c2ccc(Cl)cc2Cl)c1. The van der Waals surface area contributed by atoms with E-state index >= 15 is 0 Å². The fourth-order valence-electron chi connectivity index (χ4n) is 2.13. The third kappa shape index (κ3) is 4.27. The van der Waals surface area contributed by atoms with E-state index in [9.17, 15) is 13.2 Å². The summed E-state index contributed by atoms with van der Waals surface area (Å²) in [5.74, 6) is -0.401. The van der Waals surface area contributed by atoms with Gasteiger partial charge in [0.15, 0.2) is 0 Å². The van der Waals surface area contributed by atoms with Crippen molar-refractivity contribution < 1.29 is 13.2 Å². The van der Waals surface area contributed by atoms with Gasteiger partial charge in [-0.15, -0.1) is 0 Å². The van der Waals surface area contributed by atoms with Crippen molar-refractivity contribution in [1.82, 2.24) is 10.0 Å². The molecule has 2 rings (SSSR count). The van der Waals surface area contributed by atoms with Crippen LogP contribution in [-0.4, -0.2) is 21.4 Å². The van der Waals surface area contributed by atoms with E-state index < -0.39 is 15.9 Å². The Kier molecular flexibility index (Phi) is 5.87. The molecule has 2 aromatic carbocycles. The Morgan fingerprint density at radius 3 is 2.46 bits per heavy atom. The zero-order valence-corrected chi connectivity index (χ0v) is 15.3. The van der Waals surface area contributed by atoms with Crippen LogP contribution in [0.15, 0.2) is 47.4 Å². The van der Waals surface area contributed by atoms with Gasteiger partial charge in [-0.1, -0.05) is 35.3 Å². The Morgan fingerprint density at radius 2 is 1.83 bits per heavy atom. The molecular formula is C16H16Cl2N2O3S. The van der Waals surface area contributed by atoms with Crippen molar-refractivity contribution >= 4 is 39.1 Å². The fourth-order valence-corrected chi connectivity index (χ4v) is 3.48. The first-order chi connectivity index (χ1) is 11.2. The van der Waals surface area contributed by atoms with Crippen LogP contribution in [0.25, 0.3) is 0 Å². The first-order valence-electron chi connectivity index (χ1n) is 7.04. The number of sulfonamides is 1. The minimum atomic E-state index is -3.61. The molecule has 0 radical (unpaired) electrons. The van der Waals surface area contributed by atoms with Crippen LogP contribution in [0.4, 0.5) is 0 Å². The van der Waals surface area contributed by atoms with Gasteiger partial charge in [0.1, 0.15) is 0 Å². The van der Waals surface area contributed by atoms with E-state index in [0.717, 1.165) is 0 Å². The van der Waals surface area contributed by atoms with E-state index in [1.54, 1.807) is 31.2 Å². The van der Waals surface area contributed by atoms with Crippen LogP contribution in [-0.2, 0) is 10.0 Å². The van der Waals surface area contributed by atoms with Gasteiger partial charge in [-0.05, 0) is 49.9 Å². The highest BCUT2D eigenvalue weighted by atomic mass is 35.5. The van der Waals surface area contributed by atoms with Gasteiger partial charge in [0.05, 0.1) is 10.9 Å². The third-order valence-electron chi connectivity index (χ3n) is 3.45. The molecule has 8 heteroatoms. The summed E-state index contributed by atoms with van der Waals surface area (Å²) in [6, 6.07) is 10.4. The van der Waals surface area contributed by atoms with Crippen LogP contribution in [0, 0.1) is 0 Å². The number of hydrogen-bond donors (Lipinski definition) is 2. The summed E-state index contributed by atoms with van der Waals surface area (Å²) >= 11 is 12.0. The molecular weight excluding hydrogens is 371 g/mol. The second kappa shape index (κ2) is 7.53. The number of carbonyl (C=O) groups excluding carboxylic acids is 1. The smallest absolute Gasteiger partial charge is 0.251 e. The minimum absolute atomic E-state index is 0.0230. The van der Waals surface area contributed by atoms with Gasteiger partial charge >= 0.3 is 0 Å². The Labute approximate surface area is 151 Å². The second-order valence-electron chi connectivity index (χ2n) is 5.10. The maximum atomic E-state index is 12.4. The highest BCUT2D eigenvalue weighted by Gasteiger charge is 2.17. The Balaban J connectivity index is 2.22. The van der Waals surface area contributed by atoms with Crippen molar-refractivity contribution in [3.05, 3.63) is 63.6 Å². The number of amides is 1. The van der Waals surface area contributed by atoms with Crippen LogP contribution in [0.2, 0.25) is 10.0 Å². The predicted octanol–water partition coefficient (Wildman–Crippen LogP) is 3.39. The minimum Gasteiger partial charge on any atom is -0.345 e. The normalized spacial score (nSPS) is 12.7. The summed E-state index contributed by atoms with van der Waals surface area (Å²) in [6.45, 7) is 1.78. The number of nitrogens with one attached hydrogen (secondary N) is 2. The number of halogens is 2. The molecule has 0 aliphatic carbocycles. The summed E-state index contributed by atoms with van der Waals surface area (Å²) in [5, 5.41) is 3.74. The topological polar surface area (TPSA) is 75.3 Å². The van der Waals surface area contributed by atoms with E-state index in [1.807, 2.05) is 0 Å². The molecule has 2 N–H and O–H groups in total. The Bertz CT molecular complexity index is 869. The monoisotopic (exact) mass is 386 g/mol. The number of hydrogen-bond acceptors (Lipinski definition) is 3. The zero-order valence-electron chi connectivity index (χ0n) is 13.0. The van der Waals surface area contributed by atoms with Gasteiger partial charge in [0, 0.05) is 15.6 Å². The zero-order chi connectivity index (χ0) is 17.9. The summed E-state index contributed by atoms with van der Waals surface area (Å²) < 4.78 is 25.9. The maximum Gasteiger partial charge on any atom is 0.251 e. The summed E-state index contributed by atoms with van der Waals surface area (Å²) in [6.07, 6.45) is 0. The standard InChI is InChI=1S/C16H16Cl2N2O3S/c1-10(14-7-6-12(17)9-15(14)18)20-16(21)11-4-3-5-13(8-11)24(22,23)19-2/h3-10,19H,1-2H3,(H,20,21). The van der Waals surface area contributed by atoms with Gasteiger partial charge < -0.3 is 5.32 Å². The van der Waals surface area contributed by atoms with Crippen LogP contribution < -0.4 is 10.0 Å². The molecule has 1 atom stereocenters. The molecule has 0 aliphatic rings. The van der Waals surface area contributed by atoms with Gasteiger partial charge in [0.2, 0.25) is 10.0 Å². The van der Waals surface area contributed by atoms with E-state index in [4.69, 9.17) is 23.2 Å². The van der Waals surface area contributed by atoms with Crippen LogP contribution >= 0.6 is 23.2 Å². The lowest BCUT2D eigenvalue weighted by Gasteiger charge is -2.16. The molecule has 0 bridgehead atoms. The lowest BCUT2D eigenvalue weighted by molar-refractivity contribution is 0.0939. The van der Waals surface area contributed by atoms with Gasteiger partial charge in [-0.25, -0.2) is 13.1 Å². The van der Waals surface area contributed by atoms with Gasteiger partial charge in [-0.3, -0.25) is 4.79 Å². The number of carbonyl (C=O) groups is 1. The summed E-state index contributed by atoms with van der Waals surface area (Å²) in [7, 11) is -2.30. The Morgan fingerprint density at radius 1 is 1.12 bits per heavy atom. The highest BCUT2D eigenvalue weighted by molar-refractivity contribution is 7.89. The average Bonchev–Trinajstić information content (AvgIpc) is 2.54. The molecule has 1 amide bonds.